The van der Waals surface area contributed by atoms with E-state index in [1.807, 2.05) is 13.0 Å². The predicted octanol–water partition coefficient (Wildman–Crippen LogP) is 1.74. The first-order valence-electron chi connectivity index (χ1n) is 5.56. The highest BCUT2D eigenvalue weighted by Crippen LogP contribution is 2.28. The lowest BCUT2D eigenvalue weighted by Crippen LogP contribution is -2.15. The van der Waals surface area contributed by atoms with Gasteiger partial charge in [-0.25, -0.2) is 13.6 Å². The fourth-order valence-electron chi connectivity index (χ4n) is 1.66. The normalized spacial score (nSPS) is 11.0. The molecule has 0 bridgehead atoms. The van der Waals surface area contributed by atoms with Crippen molar-refractivity contribution in [1.82, 2.24) is 0 Å². The summed E-state index contributed by atoms with van der Waals surface area (Å²) in [6, 6.07) is 3.37. The summed E-state index contributed by atoms with van der Waals surface area (Å²) < 4.78 is 28.5. The molecular formula is C13H17NO3S. The van der Waals surface area contributed by atoms with Gasteiger partial charge < -0.3 is 4.74 Å². The van der Waals surface area contributed by atoms with Gasteiger partial charge >= 0.3 is 0 Å². The van der Waals surface area contributed by atoms with Crippen molar-refractivity contribution in [2.45, 2.75) is 31.6 Å². The van der Waals surface area contributed by atoms with Gasteiger partial charge in [0.05, 0.1) is 6.61 Å². The lowest BCUT2D eigenvalue weighted by Gasteiger charge is -2.13. The van der Waals surface area contributed by atoms with E-state index in [0.29, 0.717) is 25.2 Å². The molecule has 1 aromatic carbocycles. The van der Waals surface area contributed by atoms with Crippen LogP contribution in [0.3, 0.4) is 0 Å². The zero-order chi connectivity index (χ0) is 13.8. The molecule has 0 fully saturated rings. The van der Waals surface area contributed by atoms with Gasteiger partial charge in [-0.05, 0) is 37.5 Å². The molecule has 5 heteroatoms. The van der Waals surface area contributed by atoms with E-state index in [2.05, 4.69) is 5.92 Å². The van der Waals surface area contributed by atoms with Crippen LogP contribution in [0, 0.1) is 26.2 Å². The maximum absolute atomic E-state index is 11.5. The van der Waals surface area contributed by atoms with Crippen LogP contribution in [0.2, 0.25) is 0 Å². The Bertz CT molecular complexity index is 571. The zero-order valence-electron chi connectivity index (χ0n) is 10.6. The van der Waals surface area contributed by atoms with E-state index in [0.717, 1.165) is 11.1 Å². The molecule has 0 aliphatic carbocycles. The third-order valence-electron chi connectivity index (χ3n) is 2.40. The van der Waals surface area contributed by atoms with Crippen LogP contribution in [0.5, 0.6) is 5.75 Å². The Labute approximate surface area is 108 Å². The molecule has 1 aromatic rings. The standard InChI is InChI=1S/C13H17NO3S/c1-4-5-6-7-17-13-11(3)8-10(2)9-12(13)18(14,15)16/h1,8-9H,5-7H2,2-3H3,(H2,14,15,16). The first-order valence-corrected chi connectivity index (χ1v) is 7.11. The molecule has 2 N–H and O–H groups in total. The number of nitrogens with two attached hydrogens (primary N) is 1. The number of unbranched alkanes of at least 4 members (excludes halogenated alkanes) is 1. The average molecular weight is 267 g/mol. The number of benzene rings is 1. The lowest BCUT2D eigenvalue weighted by atomic mass is 10.1. The second-order valence-electron chi connectivity index (χ2n) is 4.11. The molecule has 0 heterocycles. The van der Waals surface area contributed by atoms with Crippen molar-refractivity contribution in [2.75, 3.05) is 6.61 Å². The van der Waals surface area contributed by atoms with Crippen LogP contribution in [0.25, 0.3) is 0 Å². The molecule has 0 aliphatic rings. The lowest BCUT2D eigenvalue weighted by molar-refractivity contribution is 0.303. The Morgan fingerprint density at radius 1 is 1.39 bits per heavy atom. The number of aryl methyl sites for hydroxylation is 2. The van der Waals surface area contributed by atoms with Gasteiger partial charge in [-0.2, -0.15) is 0 Å². The van der Waals surface area contributed by atoms with Gasteiger partial charge in [0.15, 0.2) is 0 Å². The Hall–Kier alpha value is -1.51. The number of primary sulfonamides is 1. The summed E-state index contributed by atoms with van der Waals surface area (Å²) in [5, 5.41) is 5.19. The van der Waals surface area contributed by atoms with Gasteiger partial charge in [-0.1, -0.05) is 6.07 Å². The van der Waals surface area contributed by atoms with E-state index in [4.69, 9.17) is 16.3 Å². The summed E-state index contributed by atoms with van der Waals surface area (Å²) in [6.07, 6.45) is 6.40. The molecule has 0 aliphatic heterocycles. The third kappa shape index (κ3) is 3.76. The van der Waals surface area contributed by atoms with Gasteiger partial charge in [0.1, 0.15) is 10.6 Å². The molecule has 0 atom stereocenters. The van der Waals surface area contributed by atoms with Crippen molar-refractivity contribution in [1.29, 1.82) is 0 Å². The number of terminal acetylenes is 1. The van der Waals surface area contributed by atoms with Gasteiger partial charge in [0.2, 0.25) is 10.0 Å². The minimum Gasteiger partial charge on any atom is -0.492 e. The molecule has 0 spiro atoms. The second kappa shape index (κ2) is 5.89. The van der Waals surface area contributed by atoms with Gasteiger partial charge in [-0.15, -0.1) is 12.3 Å². The topological polar surface area (TPSA) is 69.4 Å². The highest BCUT2D eigenvalue weighted by atomic mass is 32.2. The number of hydrogen-bond donors (Lipinski definition) is 1. The highest BCUT2D eigenvalue weighted by molar-refractivity contribution is 7.89. The zero-order valence-corrected chi connectivity index (χ0v) is 11.4. The number of ether oxygens (including phenoxy) is 1. The fourth-order valence-corrected chi connectivity index (χ4v) is 2.49. The first kappa shape index (κ1) is 14.6. The summed E-state index contributed by atoms with van der Waals surface area (Å²) in [5.74, 6) is 2.82. The van der Waals surface area contributed by atoms with Crippen molar-refractivity contribution >= 4 is 10.0 Å². The van der Waals surface area contributed by atoms with Gasteiger partial charge in [0.25, 0.3) is 0 Å². The third-order valence-corrected chi connectivity index (χ3v) is 3.32. The van der Waals surface area contributed by atoms with Crippen LogP contribution in [-0.2, 0) is 10.0 Å². The van der Waals surface area contributed by atoms with Crippen molar-refractivity contribution in [3.63, 3.8) is 0 Å². The molecule has 4 nitrogen and oxygen atoms in total. The smallest absolute Gasteiger partial charge is 0.241 e. The summed E-state index contributed by atoms with van der Waals surface area (Å²) in [5.41, 5.74) is 1.58. The maximum Gasteiger partial charge on any atom is 0.241 e. The monoisotopic (exact) mass is 267 g/mol. The molecule has 0 aromatic heterocycles. The Morgan fingerprint density at radius 3 is 2.61 bits per heavy atom. The van der Waals surface area contributed by atoms with Crippen molar-refractivity contribution in [3.05, 3.63) is 23.3 Å². The Morgan fingerprint density at radius 2 is 2.06 bits per heavy atom. The molecule has 0 unspecified atom stereocenters. The predicted molar refractivity (Wildman–Crippen MR) is 70.9 cm³/mol. The molecular weight excluding hydrogens is 250 g/mol. The second-order valence-corrected chi connectivity index (χ2v) is 5.64. The largest absolute Gasteiger partial charge is 0.492 e. The molecule has 0 amide bonds. The Kier molecular flexibility index (Phi) is 4.76. The van der Waals surface area contributed by atoms with Gasteiger partial charge in [-0.3, -0.25) is 0 Å². The summed E-state index contributed by atoms with van der Waals surface area (Å²) in [6.45, 7) is 3.97. The van der Waals surface area contributed by atoms with Crippen LogP contribution in [-0.4, -0.2) is 15.0 Å². The molecule has 0 radical (unpaired) electrons. The summed E-state index contributed by atoms with van der Waals surface area (Å²) >= 11 is 0. The number of rotatable bonds is 5. The summed E-state index contributed by atoms with van der Waals surface area (Å²) in [4.78, 5) is 0.0284. The van der Waals surface area contributed by atoms with E-state index >= 15 is 0 Å². The minimum atomic E-state index is -3.79. The molecule has 18 heavy (non-hydrogen) atoms. The van der Waals surface area contributed by atoms with E-state index in [-0.39, 0.29) is 4.90 Å². The molecule has 98 valence electrons. The van der Waals surface area contributed by atoms with Crippen LogP contribution >= 0.6 is 0 Å². The van der Waals surface area contributed by atoms with Crippen LogP contribution in [0.1, 0.15) is 24.0 Å². The quantitative estimate of drug-likeness (QED) is 0.652. The van der Waals surface area contributed by atoms with E-state index in [1.54, 1.807) is 6.92 Å². The number of hydrogen-bond acceptors (Lipinski definition) is 3. The van der Waals surface area contributed by atoms with E-state index in [1.165, 1.54) is 6.07 Å². The molecule has 0 saturated carbocycles. The fraction of sp³-hybridized carbons (Fsp3) is 0.385. The highest BCUT2D eigenvalue weighted by Gasteiger charge is 2.17. The van der Waals surface area contributed by atoms with Crippen molar-refractivity contribution in [2.24, 2.45) is 5.14 Å². The van der Waals surface area contributed by atoms with Crippen molar-refractivity contribution < 1.29 is 13.2 Å². The van der Waals surface area contributed by atoms with Crippen molar-refractivity contribution in [3.8, 4) is 18.1 Å². The van der Waals surface area contributed by atoms with Crippen LogP contribution < -0.4 is 9.88 Å². The SMILES string of the molecule is C#CCCCOc1c(C)cc(C)cc1S(N)(=O)=O. The van der Waals surface area contributed by atoms with E-state index in [9.17, 15) is 8.42 Å². The maximum atomic E-state index is 11.5. The average Bonchev–Trinajstić information content (AvgIpc) is 2.24. The number of sulfonamides is 1. The molecule has 1 rings (SSSR count). The van der Waals surface area contributed by atoms with Gasteiger partial charge in [0, 0.05) is 6.42 Å². The first-order chi connectivity index (χ1) is 8.36. The molecule has 0 saturated heterocycles. The summed E-state index contributed by atoms with van der Waals surface area (Å²) in [7, 11) is -3.79. The Balaban J connectivity index is 3.06. The minimum absolute atomic E-state index is 0.0284. The van der Waals surface area contributed by atoms with E-state index < -0.39 is 10.0 Å². The van der Waals surface area contributed by atoms with Crippen LogP contribution in [0.15, 0.2) is 17.0 Å². The van der Waals surface area contributed by atoms with Crippen LogP contribution in [0.4, 0.5) is 0 Å².